The van der Waals surface area contributed by atoms with Crippen LogP contribution in [-0.4, -0.2) is 51.7 Å². The molecular formula is C17H26N2O5S. The van der Waals surface area contributed by atoms with Crippen molar-refractivity contribution in [3.8, 4) is 11.5 Å². The number of carbonyl (C=O) groups is 1. The molecule has 0 saturated heterocycles. The highest BCUT2D eigenvalue weighted by molar-refractivity contribution is 7.89. The quantitative estimate of drug-likeness (QED) is 0.746. The van der Waals surface area contributed by atoms with Crippen LogP contribution < -0.4 is 14.8 Å². The fourth-order valence-electron chi connectivity index (χ4n) is 2.86. The highest BCUT2D eigenvalue weighted by Crippen LogP contribution is 2.33. The number of nitrogens with one attached hydrogen (secondary N) is 1. The van der Waals surface area contributed by atoms with Crippen molar-refractivity contribution in [3.63, 3.8) is 0 Å². The number of benzene rings is 1. The molecule has 0 spiro atoms. The van der Waals surface area contributed by atoms with E-state index >= 15 is 0 Å². The minimum absolute atomic E-state index is 0.0922. The monoisotopic (exact) mass is 370 g/mol. The van der Waals surface area contributed by atoms with E-state index in [0.717, 1.165) is 17.5 Å². The second-order valence-electron chi connectivity index (χ2n) is 5.98. The fourth-order valence-corrected chi connectivity index (χ4v) is 4.18. The molecule has 1 heterocycles. The van der Waals surface area contributed by atoms with Gasteiger partial charge in [-0.1, -0.05) is 6.92 Å². The van der Waals surface area contributed by atoms with Gasteiger partial charge in [0, 0.05) is 26.1 Å². The van der Waals surface area contributed by atoms with Gasteiger partial charge >= 0.3 is 0 Å². The van der Waals surface area contributed by atoms with Gasteiger partial charge in [0.25, 0.3) is 0 Å². The van der Waals surface area contributed by atoms with Crippen LogP contribution in [0.2, 0.25) is 0 Å². The number of methoxy groups -OCH3 is 2. The summed E-state index contributed by atoms with van der Waals surface area (Å²) in [5.74, 6) is 1.03. The first-order valence-corrected chi connectivity index (χ1v) is 10.0. The summed E-state index contributed by atoms with van der Waals surface area (Å²) in [7, 11) is -0.289. The van der Waals surface area contributed by atoms with Crippen LogP contribution in [-0.2, 0) is 27.8 Å². The highest BCUT2D eigenvalue weighted by atomic mass is 32.2. The zero-order chi connectivity index (χ0) is 18.4. The Morgan fingerprint density at radius 1 is 1.20 bits per heavy atom. The number of hydrogen-bond acceptors (Lipinski definition) is 5. The summed E-state index contributed by atoms with van der Waals surface area (Å²) in [6.07, 6.45) is 1.78. The van der Waals surface area contributed by atoms with Gasteiger partial charge in [-0.15, -0.1) is 0 Å². The van der Waals surface area contributed by atoms with Crippen LogP contribution in [0.5, 0.6) is 11.5 Å². The molecule has 0 unspecified atom stereocenters. The van der Waals surface area contributed by atoms with Crippen molar-refractivity contribution in [2.75, 3.05) is 33.1 Å². The SMILES string of the molecule is CCCC(=O)NCCS(=O)(=O)N1CCc2cc(OC)c(OC)cc2C1. The average molecular weight is 370 g/mol. The van der Waals surface area contributed by atoms with E-state index in [9.17, 15) is 13.2 Å². The number of ether oxygens (including phenoxy) is 2. The van der Waals surface area contributed by atoms with Gasteiger partial charge in [-0.25, -0.2) is 8.42 Å². The summed E-state index contributed by atoms with van der Waals surface area (Å²) in [6.45, 7) is 2.77. The molecule has 25 heavy (non-hydrogen) atoms. The minimum Gasteiger partial charge on any atom is -0.493 e. The third kappa shape index (κ3) is 4.85. The van der Waals surface area contributed by atoms with Crippen molar-refractivity contribution in [2.45, 2.75) is 32.7 Å². The average Bonchev–Trinajstić information content (AvgIpc) is 2.60. The topological polar surface area (TPSA) is 84.9 Å². The summed E-state index contributed by atoms with van der Waals surface area (Å²) in [5.41, 5.74) is 1.99. The molecule has 2 rings (SSSR count). The maximum Gasteiger partial charge on any atom is 0.220 e. The van der Waals surface area contributed by atoms with Gasteiger partial charge in [0.1, 0.15) is 0 Å². The van der Waals surface area contributed by atoms with Crippen LogP contribution in [0.25, 0.3) is 0 Å². The van der Waals surface area contributed by atoms with Crippen molar-refractivity contribution in [3.05, 3.63) is 23.3 Å². The molecule has 1 aliphatic rings. The van der Waals surface area contributed by atoms with Crippen LogP contribution in [0.4, 0.5) is 0 Å². The Morgan fingerprint density at radius 2 is 1.84 bits per heavy atom. The number of amides is 1. The Labute approximate surface area is 149 Å². The molecule has 140 valence electrons. The lowest BCUT2D eigenvalue weighted by Crippen LogP contribution is -2.40. The van der Waals surface area contributed by atoms with Gasteiger partial charge in [0.2, 0.25) is 15.9 Å². The number of rotatable bonds is 8. The first kappa shape index (κ1) is 19.5. The molecule has 0 aromatic heterocycles. The largest absolute Gasteiger partial charge is 0.493 e. The van der Waals surface area contributed by atoms with E-state index in [1.807, 2.05) is 19.1 Å². The molecule has 0 bridgehead atoms. The minimum atomic E-state index is -3.43. The maximum absolute atomic E-state index is 12.5. The molecule has 0 fully saturated rings. The lowest BCUT2D eigenvalue weighted by molar-refractivity contribution is -0.120. The first-order valence-electron chi connectivity index (χ1n) is 8.39. The van der Waals surface area contributed by atoms with E-state index in [4.69, 9.17) is 9.47 Å². The number of hydrogen-bond donors (Lipinski definition) is 1. The normalized spacial score (nSPS) is 14.7. The van der Waals surface area contributed by atoms with Gasteiger partial charge in [-0.05, 0) is 36.1 Å². The highest BCUT2D eigenvalue weighted by Gasteiger charge is 2.27. The number of fused-ring (bicyclic) bond motifs is 1. The second kappa shape index (κ2) is 8.53. The molecule has 0 saturated carbocycles. The van der Waals surface area contributed by atoms with E-state index in [-0.39, 0.29) is 18.2 Å². The Bertz CT molecular complexity index is 718. The van der Waals surface area contributed by atoms with Crippen LogP contribution in [0, 0.1) is 0 Å². The number of carbonyl (C=O) groups excluding carboxylic acids is 1. The lowest BCUT2D eigenvalue weighted by atomic mass is 10.0. The zero-order valence-electron chi connectivity index (χ0n) is 15.0. The Hall–Kier alpha value is -1.80. The van der Waals surface area contributed by atoms with Crippen molar-refractivity contribution < 1.29 is 22.7 Å². The summed E-state index contributed by atoms with van der Waals surface area (Å²) >= 11 is 0. The predicted molar refractivity (Wildman–Crippen MR) is 95.4 cm³/mol. The molecule has 1 N–H and O–H groups in total. The van der Waals surface area contributed by atoms with E-state index < -0.39 is 10.0 Å². The van der Waals surface area contributed by atoms with Gasteiger partial charge in [0.15, 0.2) is 11.5 Å². The summed E-state index contributed by atoms with van der Waals surface area (Å²) in [6, 6.07) is 3.74. The summed E-state index contributed by atoms with van der Waals surface area (Å²) < 4.78 is 37.1. The molecule has 8 heteroatoms. The summed E-state index contributed by atoms with van der Waals surface area (Å²) in [4.78, 5) is 11.5. The Balaban J connectivity index is 2.04. The lowest BCUT2D eigenvalue weighted by Gasteiger charge is -2.29. The molecule has 0 radical (unpaired) electrons. The predicted octanol–water partition coefficient (Wildman–Crippen LogP) is 1.31. The number of sulfonamides is 1. The second-order valence-corrected chi connectivity index (χ2v) is 8.06. The smallest absolute Gasteiger partial charge is 0.220 e. The third-order valence-corrected chi connectivity index (χ3v) is 6.05. The van der Waals surface area contributed by atoms with Crippen LogP contribution in [0.1, 0.15) is 30.9 Å². The summed E-state index contributed by atoms with van der Waals surface area (Å²) in [5, 5.41) is 2.65. The molecular weight excluding hydrogens is 344 g/mol. The number of nitrogens with zero attached hydrogens (tertiary/aromatic N) is 1. The van der Waals surface area contributed by atoms with E-state index in [0.29, 0.717) is 37.4 Å². The molecule has 7 nitrogen and oxygen atoms in total. The van der Waals surface area contributed by atoms with E-state index in [1.165, 1.54) is 4.31 Å². The van der Waals surface area contributed by atoms with Crippen LogP contribution in [0.15, 0.2) is 12.1 Å². The van der Waals surface area contributed by atoms with Crippen molar-refractivity contribution >= 4 is 15.9 Å². The van der Waals surface area contributed by atoms with Gasteiger partial charge in [-0.3, -0.25) is 4.79 Å². The van der Waals surface area contributed by atoms with Crippen LogP contribution >= 0.6 is 0 Å². The molecule has 0 atom stereocenters. The van der Waals surface area contributed by atoms with Crippen molar-refractivity contribution in [1.29, 1.82) is 0 Å². The van der Waals surface area contributed by atoms with Crippen LogP contribution in [0.3, 0.4) is 0 Å². The Kier molecular flexibility index (Phi) is 6.66. The molecule has 1 amide bonds. The zero-order valence-corrected chi connectivity index (χ0v) is 15.8. The molecule has 1 aliphatic heterocycles. The molecule has 1 aromatic rings. The standard InChI is InChI=1S/C17H26N2O5S/c1-4-5-17(20)18-7-9-25(21,22)19-8-6-13-10-15(23-2)16(24-3)11-14(13)12-19/h10-11H,4-9,12H2,1-3H3,(H,18,20). The third-order valence-electron chi connectivity index (χ3n) is 4.24. The first-order chi connectivity index (χ1) is 11.9. The fraction of sp³-hybridized carbons (Fsp3) is 0.588. The van der Waals surface area contributed by atoms with Gasteiger partial charge < -0.3 is 14.8 Å². The van der Waals surface area contributed by atoms with E-state index in [2.05, 4.69) is 5.32 Å². The molecule has 0 aliphatic carbocycles. The molecule has 1 aromatic carbocycles. The van der Waals surface area contributed by atoms with Gasteiger partial charge in [0.05, 0.1) is 20.0 Å². The Morgan fingerprint density at radius 3 is 2.44 bits per heavy atom. The van der Waals surface area contributed by atoms with Crippen molar-refractivity contribution in [2.24, 2.45) is 0 Å². The van der Waals surface area contributed by atoms with Gasteiger partial charge in [-0.2, -0.15) is 4.31 Å². The van der Waals surface area contributed by atoms with E-state index in [1.54, 1.807) is 14.2 Å². The van der Waals surface area contributed by atoms with Crippen molar-refractivity contribution in [1.82, 2.24) is 9.62 Å². The maximum atomic E-state index is 12.5.